The van der Waals surface area contributed by atoms with E-state index in [1.807, 2.05) is 41.8 Å². The maximum Gasteiger partial charge on any atom is 0.161 e. The highest BCUT2D eigenvalue weighted by Gasteiger charge is 2.21. The van der Waals surface area contributed by atoms with E-state index in [1.54, 1.807) is 36.1 Å². The number of imidazole rings is 1. The Labute approximate surface area is 226 Å². The first kappa shape index (κ1) is 23.3. The second kappa shape index (κ2) is 9.82. The van der Waals surface area contributed by atoms with Crippen molar-refractivity contribution >= 4 is 33.4 Å². The monoisotopic (exact) mass is 532 g/mol. The molecule has 0 bridgehead atoms. The third-order valence-corrected chi connectivity index (χ3v) is 7.24. The van der Waals surface area contributed by atoms with Crippen molar-refractivity contribution in [2.45, 2.75) is 13.1 Å². The van der Waals surface area contributed by atoms with Crippen LogP contribution >= 0.6 is 11.3 Å². The van der Waals surface area contributed by atoms with Crippen LogP contribution in [0.3, 0.4) is 0 Å². The Hall–Kier alpha value is -4.80. The lowest BCUT2D eigenvalue weighted by atomic mass is 10.1. The number of aromatic amines is 2. The lowest BCUT2D eigenvalue weighted by Gasteiger charge is -2.08. The Morgan fingerprint density at radius 1 is 0.897 bits per heavy atom. The third kappa shape index (κ3) is 4.35. The van der Waals surface area contributed by atoms with Crippen molar-refractivity contribution in [2.24, 2.45) is 0 Å². The average molecular weight is 533 g/mol. The maximum atomic E-state index is 16.1. The minimum Gasteiger partial charge on any atom is -0.321 e. The minimum absolute atomic E-state index is 0.204. The van der Waals surface area contributed by atoms with Crippen LogP contribution in [0.25, 0.3) is 56.0 Å². The molecular weight excluding hydrogens is 511 g/mol. The second-order valence-corrected chi connectivity index (χ2v) is 9.89. The number of rotatable bonds is 7. The van der Waals surface area contributed by atoms with Crippen LogP contribution in [0.1, 0.15) is 11.1 Å². The number of aromatic nitrogens is 7. The molecule has 6 aromatic heterocycles. The average Bonchev–Trinajstić information content (AvgIpc) is 3.74. The highest BCUT2D eigenvalue weighted by molar-refractivity contribution is 7.08. The number of thiophene rings is 1. The number of pyridine rings is 3. The van der Waals surface area contributed by atoms with E-state index in [4.69, 9.17) is 4.98 Å². The van der Waals surface area contributed by atoms with Gasteiger partial charge in [0.2, 0.25) is 0 Å². The van der Waals surface area contributed by atoms with E-state index in [0.29, 0.717) is 45.7 Å². The molecule has 6 heterocycles. The number of hydrogen-bond acceptors (Lipinski definition) is 7. The summed E-state index contributed by atoms with van der Waals surface area (Å²) in [5.74, 6) is -0.0571. The molecule has 0 fully saturated rings. The molecule has 190 valence electrons. The number of nitrogens with zero attached hydrogens (tertiary/aromatic N) is 5. The molecular formula is C29H21FN8S. The summed E-state index contributed by atoms with van der Waals surface area (Å²) >= 11 is 1.61. The molecule has 7 aromatic rings. The van der Waals surface area contributed by atoms with Crippen LogP contribution in [0.5, 0.6) is 0 Å². The first-order valence-electron chi connectivity index (χ1n) is 12.3. The van der Waals surface area contributed by atoms with E-state index >= 15 is 4.39 Å². The van der Waals surface area contributed by atoms with Crippen molar-refractivity contribution in [1.29, 1.82) is 0 Å². The smallest absolute Gasteiger partial charge is 0.161 e. The van der Waals surface area contributed by atoms with E-state index in [0.717, 1.165) is 23.2 Å². The van der Waals surface area contributed by atoms with Gasteiger partial charge < -0.3 is 10.3 Å². The summed E-state index contributed by atoms with van der Waals surface area (Å²) < 4.78 is 16.1. The molecule has 0 radical (unpaired) electrons. The lowest BCUT2D eigenvalue weighted by molar-refractivity contribution is 0.638. The van der Waals surface area contributed by atoms with Gasteiger partial charge in [0, 0.05) is 42.8 Å². The van der Waals surface area contributed by atoms with Crippen molar-refractivity contribution < 1.29 is 4.39 Å². The summed E-state index contributed by atoms with van der Waals surface area (Å²) in [5.41, 5.74) is 7.09. The molecule has 0 saturated heterocycles. The zero-order valence-corrected chi connectivity index (χ0v) is 21.3. The van der Waals surface area contributed by atoms with Gasteiger partial charge in [0.15, 0.2) is 17.3 Å². The third-order valence-electron chi connectivity index (χ3n) is 6.55. The summed E-state index contributed by atoms with van der Waals surface area (Å²) in [7, 11) is 0. The molecule has 0 spiro atoms. The van der Waals surface area contributed by atoms with E-state index in [9.17, 15) is 0 Å². The fraction of sp³-hybridized carbons (Fsp3) is 0.0690. The standard InChI is InChI=1S/C29H21FN8S/c30-24-23-22(15-34-25(24)20-10-18(13-32-14-20)12-31-11-17-4-2-1-3-5-17)37-38-27(23)29-35-26-21(19-7-9-39-16-19)6-8-33-28(26)36-29/h1-10,13-16,31H,11-12H2,(H,37,38)(H,33,35,36). The number of nitrogens with one attached hydrogen (secondary N) is 3. The van der Waals surface area contributed by atoms with Crippen LogP contribution < -0.4 is 5.32 Å². The molecule has 0 unspecified atom stereocenters. The van der Waals surface area contributed by atoms with Gasteiger partial charge in [-0.1, -0.05) is 30.3 Å². The Morgan fingerprint density at radius 3 is 2.67 bits per heavy atom. The quantitative estimate of drug-likeness (QED) is 0.228. The minimum atomic E-state index is -0.487. The zero-order valence-electron chi connectivity index (χ0n) is 20.5. The summed E-state index contributed by atoms with van der Waals surface area (Å²) in [4.78, 5) is 21.2. The van der Waals surface area contributed by atoms with Crippen LogP contribution in [0, 0.1) is 5.82 Å². The fourth-order valence-electron chi connectivity index (χ4n) is 4.68. The Morgan fingerprint density at radius 2 is 1.79 bits per heavy atom. The topological polar surface area (TPSA) is 108 Å². The first-order chi connectivity index (χ1) is 19.2. The highest BCUT2D eigenvalue weighted by Crippen LogP contribution is 2.34. The molecule has 0 aliphatic heterocycles. The largest absolute Gasteiger partial charge is 0.321 e. The van der Waals surface area contributed by atoms with Gasteiger partial charge in [0.25, 0.3) is 0 Å². The number of hydrogen-bond donors (Lipinski definition) is 3. The van der Waals surface area contributed by atoms with Gasteiger partial charge in [-0.05, 0) is 45.6 Å². The van der Waals surface area contributed by atoms with Crippen molar-refractivity contribution in [3.63, 3.8) is 0 Å². The highest BCUT2D eigenvalue weighted by atomic mass is 32.1. The second-order valence-electron chi connectivity index (χ2n) is 9.11. The van der Waals surface area contributed by atoms with Crippen molar-refractivity contribution in [3.05, 3.63) is 101 Å². The molecule has 0 aliphatic carbocycles. The summed E-state index contributed by atoms with van der Waals surface area (Å²) in [5, 5.41) is 15.1. The van der Waals surface area contributed by atoms with Crippen molar-refractivity contribution in [3.8, 4) is 33.9 Å². The van der Waals surface area contributed by atoms with Crippen LogP contribution in [-0.2, 0) is 13.1 Å². The Kier molecular flexibility index (Phi) is 5.87. The van der Waals surface area contributed by atoms with Gasteiger partial charge in [0.05, 0.1) is 17.1 Å². The van der Waals surface area contributed by atoms with Crippen LogP contribution in [0.4, 0.5) is 4.39 Å². The zero-order chi connectivity index (χ0) is 26.2. The van der Waals surface area contributed by atoms with Crippen LogP contribution in [0.2, 0.25) is 0 Å². The Balaban J connectivity index is 1.23. The predicted molar refractivity (Wildman–Crippen MR) is 150 cm³/mol. The van der Waals surface area contributed by atoms with E-state index < -0.39 is 5.82 Å². The number of benzene rings is 1. The summed E-state index contributed by atoms with van der Waals surface area (Å²) in [6.45, 7) is 1.32. The molecule has 0 saturated carbocycles. The number of fused-ring (bicyclic) bond motifs is 2. The maximum absolute atomic E-state index is 16.1. The molecule has 0 amide bonds. The number of H-pyrrole nitrogens is 2. The van der Waals surface area contributed by atoms with Gasteiger partial charge in [0.1, 0.15) is 16.9 Å². The van der Waals surface area contributed by atoms with Gasteiger partial charge in [-0.15, -0.1) is 0 Å². The molecule has 8 nitrogen and oxygen atoms in total. The first-order valence-corrected chi connectivity index (χ1v) is 13.3. The fourth-order valence-corrected chi connectivity index (χ4v) is 5.34. The summed E-state index contributed by atoms with van der Waals surface area (Å²) in [6, 6.07) is 16.0. The van der Waals surface area contributed by atoms with Crippen LogP contribution in [-0.4, -0.2) is 35.1 Å². The molecule has 3 N–H and O–H groups in total. The molecule has 10 heteroatoms. The van der Waals surface area contributed by atoms with Crippen molar-refractivity contribution in [2.75, 3.05) is 0 Å². The van der Waals surface area contributed by atoms with Crippen molar-refractivity contribution in [1.82, 2.24) is 40.4 Å². The van der Waals surface area contributed by atoms with Gasteiger partial charge in [-0.2, -0.15) is 16.4 Å². The normalized spacial score (nSPS) is 11.5. The Bertz CT molecular complexity index is 1910. The van der Waals surface area contributed by atoms with Gasteiger partial charge in [-0.25, -0.2) is 14.4 Å². The molecule has 1 aromatic carbocycles. The van der Waals surface area contributed by atoms with Gasteiger partial charge >= 0.3 is 0 Å². The molecule has 39 heavy (non-hydrogen) atoms. The summed E-state index contributed by atoms with van der Waals surface area (Å²) in [6.07, 6.45) is 6.71. The van der Waals surface area contributed by atoms with E-state index in [-0.39, 0.29) is 5.69 Å². The van der Waals surface area contributed by atoms with E-state index in [1.165, 1.54) is 5.56 Å². The molecule has 0 aliphatic rings. The molecule has 0 atom stereocenters. The van der Waals surface area contributed by atoms with Crippen LogP contribution in [0.15, 0.2) is 84.1 Å². The lowest BCUT2D eigenvalue weighted by Crippen LogP contribution is -2.12. The SMILES string of the molecule is Fc1c(-c2cncc(CNCc3ccccc3)c2)ncc2[nH]nc(-c3nc4c(-c5ccsc5)ccnc4[nH]3)c12. The van der Waals surface area contributed by atoms with E-state index in [2.05, 4.69) is 53.0 Å². The number of halogens is 1. The predicted octanol–water partition coefficient (Wildman–Crippen LogP) is 6.12. The van der Waals surface area contributed by atoms with Gasteiger partial charge in [-0.3, -0.25) is 15.1 Å². The molecule has 7 rings (SSSR count).